The van der Waals surface area contributed by atoms with Crippen LogP contribution in [0.15, 0.2) is 30.5 Å². The van der Waals surface area contributed by atoms with Crippen molar-refractivity contribution in [3.63, 3.8) is 0 Å². The van der Waals surface area contributed by atoms with Crippen LogP contribution in [0, 0.1) is 37.6 Å². The molecule has 1 nitrogen and oxygen atoms in total. The molecule has 3 rings (SSSR count). The van der Waals surface area contributed by atoms with Gasteiger partial charge in [0.25, 0.3) is 0 Å². The van der Waals surface area contributed by atoms with Gasteiger partial charge in [0.1, 0.15) is 6.72 Å². The van der Waals surface area contributed by atoms with Crippen LogP contribution in [0.5, 0.6) is 0 Å². The molecule has 0 fully saturated rings. The molecular weight excluding hydrogens is 330 g/mol. The quantitative estimate of drug-likeness (QED) is 0.432. The van der Waals surface area contributed by atoms with E-state index in [0.717, 1.165) is 0 Å². The average Bonchev–Trinajstić information content (AvgIpc) is 2.54. The zero-order valence-electron chi connectivity index (χ0n) is 17.3. The van der Waals surface area contributed by atoms with Crippen molar-refractivity contribution in [2.24, 2.45) is 0 Å². The molecule has 1 heterocycles. The van der Waals surface area contributed by atoms with Crippen LogP contribution >= 0.6 is 0 Å². The van der Waals surface area contributed by atoms with Gasteiger partial charge < -0.3 is 0 Å². The Morgan fingerprint density at radius 2 is 1.77 bits per heavy atom. The Bertz CT molecular complexity index is 1100. The van der Waals surface area contributed by atoms with Crippen molar-refractivity contribution in [1.29, 1.82) is 0 Å². The van der Waals surface area contributed by atoms with Crippen molar-refractivity contribution < 1.29 is 4.24 Å². The predicted octanol–water partition coefficient (Wildman–Crippen LogP) is 4.09. The Labute approximate surface area is 158 Å². The number of aryl methyl sites for hydroxylation is 2. The van der Waals surface area contributed by atoms with Crippen molar-refractivity contribution >= 4 is 19.3 Å². The maximum absolute atomic E-state index is 4.38. The lowest BCUT2D eigenvalue weighted by Crippen LogP contribution is -2.44. The summed E-state index contributed by atoms with van der Waals surface area (Å²) in [6.45, 7) is 20.7. The molecule has 2 aromatic rings. The fraction of sp³-hybridized carbons (Fsp3) is 0.333. The molecule has 0 unspecified atom stereocenters. The first-order valence-corrected chi connectivity index (χ1v) is 13.0. The first-order chi connectivity index (χ1) is 12.1. The van der Waals surface area contributed by atoms with E-state index < -0.39 is 8.07 Å². The minimum absolute atomic E-state index is 0.508. The SMILES string of the molecule is C=[n+]1cc([Si](C)(C)C)c(C(C)C)cc1=c1c(C)cc(C)c2c1=CC=C[CH-]2. The summed E-state index contributed by atoms with van der Waals surface area (Å²) in [5.41, 5.74) is 5.45. The Balaban J connectivity index is 2.61. The number of allylic oxidation sites excluding steroid dienone is 2. The van der Waals surface area contributed by atoms with E-state index >= 15 is 0 Å². The molecule has 0 saturated heterocycles. The first-order valence-electron chi connectivity index (χ1n) is 9.51. The van der Waals surface area contributed by atoms with E-state index in [1.807, 2.05) is 0 Å². The summed E-state index contributed by atoms with van der Waals surface area (Å²) in [6.07, 6.45) is 11.0. The van der Waals surface area contributed by atoms with Gasteiger partial charge in [-0.2, -0.15) is 4.24 Å². The van der Waals surface area contributed by atoms with E-state index in [1.54, 1.807) is 0 Å². The molecule has 0 aliphatic heterocycles. The maximum atomic E-state index is 4.38. The van der Waals surface area contributed by atoms with Gasteiger partial charge in [-0.15, -0.1) is 35.8 Å². The maximum Gasteiger partial charge on any atom is 0.209 e. The van der Waals surface area contributed by atoms with Gasteiger partial charge in [0, 0.05) is 16.5 Å². The average molecular weight is 362 g/mol. The number of nitrogens with zero attached hydrogens (tertiary/aromatic N) is 1. The summed E-state index contributed by atoms with van der Waals surface area (Å²) >= 11 is 0. The number of benzene rings is 1. The molecule has 0 amide bonds. The zero-order valence-corrected chi connectivity index (χ0v) is 18.3. The second kappa shape index (κ2) is 6.59. The Morgan fingerprint density at radius 1 is 1.08 bits per heavy atom. The lowest BCUT2D eigenvalue weighted by atomic mass is 9.94. The van der Waals surface area contributed by atoms with Gasteiger partial charge >= 0.3 is 0 Å². The summed E-state index contributed by atoms with van der Waals surface area (Å²) < 4.78 is 2.10. The number of hydrogen-bond acceptors (Lipinski definition) is 0. The van der Waals surface area contributed by atoms with E-state index in [4.69, 9.17) is 0 Å². The molecule has 136 valence electrons. The molecule has 0 saturated carbocycles. The molecule has 1 aromatic heterocycles. The third-order valence-electron chi connectivity index (χ3n) is 5.33. The first kappa shape index (κ1) is 18.7. The fourth-order valence-corrected chi connectivity index (χ4v) is 5.77. The molecule has 0 radical (unpaired) electrons. The summed E-state index contributed by atoms with van der Waals surface area (Å²) in [4.78, 5) is 0. The Hall–Kier alpha value is -2.06. The van der Waals surface area contributed by atoms with E-state index in [-0.39, 0.29) is 0 Å². The Kier molecular flexibility index (Phi) is 4.74. The lowest BCUT2D eigenvalue weighted by molar-refractivity contribution is -0.509. The molecule has 0 bridgehead atoms. The molecule has 26 heavy (non-hydrogen) atoms. The minimum Gasteiger partial charge on any atom is -0.174 e. The number of pyridine rings is 1. The van der Waals surface area contributed by atoms with Crippen molar-refractivity contribution in [3.05, 3.63) is 81.7 Å². The molecular formula is C24H31NSi. The second-order valence-corrected chi connectivity index (χ2v) is 13.9. The summed E-state index contributed by atoms with van der Waals surface area (Å²) in [7, 11) is -1.43. The van der Waals surface area contributed by atoms with Gasteiger partial charge in [0.05, 0.1) is 8.07 Å². The van der Waals surface area contributed by atoms with Gasteiger partial charge in [0.2, 0.25) is 5.35 Å². The van der Waals surface area contributed by atoms with Crippen LogP contribution in [0.1, 0.15) is 42.0 Å². The molecule has 2 heteroatoms. The summed E-state index contributed by atoms with van der Waals surface area (Å²) in [6, 6.07) is 4.70. The van der Waals surface area contributed by atoms with Gasteiger partial charge in [-0.3, -0.25) is 0 Å². The van der Waals surface area contributed by atoms with Crippen molar-refractivity contribution in [3.8, 4) is 0 Å². The molecule has 0 spiro atoms. The lowest BCUT2D eigenvalue weighted by Gasteiger charge is -2.21. The minimum atomic E-state index is -1.43. The topological polar surface area (TPSA) is 5.90 Å². The van der Waals surface area contributed by atoms with Crippen LogP contribution < -0.4 is 14.6 Å². The highest BCUT2D eigenvalue weighted by Crippen LogP contribution is 2.17. The predicted molar refractivity (Wildman–Crippen MR) is 115 cm³/mol. The van der Waals surface area contributed by atoms with Gasteiger partial charge in [-0.25, -0.2) is 0 Å². The normalized spacial score (nSPS) is 14.8. The van der Waals surface area contributed by atoms with Crippen LogP contribution in [-0.4, -0.2) is 8.07 Å². The number of fused-ring (bicyclic) bond motifs is 1. The van der Waals surface area contributed by atoms with Crippen molar-refractivity contribution in [2.45, 2.75) is 53.3 Å². The monoisotopic (exact) mass is 361 g/mol. The standard InChI is InChI=1S/C24H31NSi/c1-16(2)21-14-22(25(5)15-23(21)26(6,7)8)24-18(4)13-17(3)19-11-9-10-12-20(19)24/h9-16H,5H2,1-4,6-8H3. The van der Waals surface area contributed by atoms with Crippen LogP contribution in [0.4, 0.5) is 0 Å². The highest BCUT2D eigenvalue weighted by atomic mass is 28.3. The Morgan fingerprint density at radius 3 is 2.38 bits per heavy atom. The van der Waals surface area contributed by atoms with E-state index in [0.29, 0.717) is 5.92 Å². The summed E-state index contributed by atoms with van der Waals surface area (Å²) in [5, 5.41) is 5.35. The fourth-order valence-electron chi connectivity index (χ4n) is 4.00. The zero-order chi connectivity index (χ0) is 19.2. The van der Waals surface area contributed by atoms with E-state index in [1.165, 1.54) is 43.2 Å². The molecule has 0 atom stereocenters. The third-order valence-corrected chi connectivity index (χ3v) is 7.37. The number of hydrogen-bond donors (Lipinski definition) is 0. The molecule has 1 aliphatic carbocycles. The third kappa shape index (κ3) is 3.19. The summed E-state index contributed by atoms with van der Waals surface area (Å²) in [5.74, 6) is 0.508. The van der Waals surface area contributed by atoms with Crippen LogP contribution in [0.2, 0.25) is 19.6 Å². The largest absolute Gasteiger partial charge is 0.209 e. The second-order valence-electron chi connectivity index (χ2n) is 8.83. The highest BCUT2D eigenvalue weighted by Gasteiger charge is 2.24. The van der Waals surface area contributed by atoms with Crippen molar-refractivity contribution in [1.82, 2.24) is 0 Å². The van der Waals surface area contributed by atoms with Gasteiger partial charge in [0.15, 0.2) is 6.20 Å². The van der Waals surface area contributed by atoms with Crippen LogP contribution in [0.25, 0.3) is 6.08 Å². The van der Waals surface area contributed by atoms with Gasteiger partial charge in [-0.05, 0) is 18.4 Å². The van der Waals surface area contributed by atoms with Crippen LogP contribution in [0.3, 0.4) is 0 Å². The van der Waals surface area contributed by atoms with E-state index in [2.05, 4.69) is 101 Å². The smallest absolute Gasteiger partial charge is 0.174 e. The molecule has 1 aromatic carbocycles. The molecule has 0 N–H and O–H groups in total. The molecule has 1 aliphatic rings. The van der Waals surface area contributed by atoms with Gasteiger partial charge in [-0.1, -0.05) is 57.3 Å². The van der Waals surface area contributed by atoms with E-state index in [9.17, 15) is 0 Å². The number of aromatic nitrogens is 1. The van der Waals surface area contributed by atoms with Crippen LogP contribution in [-0.2, 0) is 0 Å². The number of rotatable bonds is 2. The highest BCUT2D eigenvalue weighted by molar-refractivity contribution is 6.89. The van der Waals surface area contributed by atoms with Crippen molar-refractivity contribution in [2.75, 3.05) is 0 Å².